The molecule has 0 aromatic heterocycles. The average Bonchev–Trinajstić information content (AvgIpc) is 2.57. The van der Waals surface area contributed by atoms with Gasteiger partial charge in [0.1, 0.15) is 5.82 Å². The largest absolute Gasteiger partial charge is 0.382 e. The highest BCUT2D eigenvalue weighted by molar-refractivity contribution is 5.94. The van der Waals surface area contributed by atoms with Gasteiger partial charge in [-0.25, -0.2) is 4.39 Å². The normalized spacial score (nSPS) is 24.6. The van der Waals surface area contributed by atoms with Crippen LogP contribution in [0.4, 0.5) is 10.1 Å². The van der Waals surface area contributed by atoms with Crippen LogP contribution in [-0.2, 0) is 0 Å². The number of primary amides is 1. The lowest BCUT2D eigenvalue weighted by Crippen LogP contribution is -2.24. The second kappa shape index (κ2) is 5.08. The fraction of sp³-hybridized carbons (Fsp3) is 0.562. The summed E-state index contributed by atoms with van der Waals surface area (Å²) in [7, 11) is 0. The van der Waals surface area contributed by atoms with Crippen LogP contribution in [0.25, 0.3) is 0 Å². The summed E-state index contributed by atoms with van der Waals surface area (Å²) in [6.45, 7) is 8.42. The number of hydrogen-bond donors (Lipinski definition) is 2. The lowest BCUT2D eigenvalue weighted by atomic mass is 9.91. The van der Waals surface area contributed by atoms with E-state index in [1.165, 1.54) is 6.07 Å². The molecule has 0 heterocycles. The molecule has 1 saturated carbocycles. The number of rotatable bonds is 3. The van der Waals surface area contributed by atoms with Crippen molar-refractivity contribution in [2.45, 2.75) is 46.6 Å². The van der Waals surface area contributed by atoms with Crippen LogP contribution in [0.2, 0.25) is 0 Å². The minimum absolute atomic E-state index is 0.209. The molecule has 20 heavy (non-hydrogen) atoms. The summed E-state index contributed by atoms with van der Waals surface area (Å²) in [4.78, 5) is 11.2. The van der Waals surface area contributed by atoms with Crippen molar-refractivity contribution in [3.05, 3.63) is 29.1 Å². The Kier molecular flexibility index (Phi) is 3.76. The molecule has 1 aromatic rings. The second-order valence-corrected chi connectivity index (χ2v) is 6.80. The molecule has 0 spiro atoms. The van der Waals surface area contributed by atoms with E-state index < -0.39 is 11.7 Å². The van der Waals surface area contributed by atoms with Crippen molar-refractivity contribution in [2.75, 3.05) is 5.32 Å². The molecule has 2 rings (SSSR count). The first-order chi connectivity index (χ1) is 9.19. The Morgan fingerprint density at radius 3 is 2.55 bits per heavy atom. The molecule has 2 atom stereocenters. The van der Waals surface area contributed by atoms with Crippen LogP contribution >= 0.6 is 0 Å². The van der Waals surface area contributed by atoms with Crippen LogP contribution in [0, 0.1) is 24.1 Å². The molecule has 0 radical (unpaired) electrons. The number of nitrogens with two attached hydrogens (primary N) is 1. The Balaban J connectivity index is 2.27. The average molecular weight is 278 g/mol. The number of anilines is 1. The Bertz CT molecular complexity index is 540. The van der Waals surface area contributed by atoms with E-state index >= 15 is 0 Å². The molecule has 4 heteroatoms. The van der Waals surface area contributed by atoms with Gasteiger partial charge in [-0.1, -0.05) is 20.8 Å². The summed E-state index contributed by atoms with van der Waals surface area (Å²) in [6.07, 6.45) is 2.18. The molecule has 1 aliphatic rings. The molecule has 3 nitrogen and oxygen atoms in total. The Labute approximate surface area is 119 Å². The molecule has 1 amide bonds. The number of nitrogens with one attached hydrogen (secondary N) is 1. The van der Waals surface area contributed by atoms with Gasteiger partial charge >= 0.3 is 0 Å². The smallest absolute Gasteiger partial charge is 0.248 e. The van der Waals surface area contributed by atoms with E-state index in [1.807, 2.05) is 0 Å². The first kappa shape index (κ1) is 14.8. The Morgan fingerprint density at radius 2 is 2.05 bits per heavy atom. The van der Waals surface area contributed by atoms with Gasteiger partial charge < -0.3 is 11.1 Å². The first-order valence-corrected chi connectivity index (χ1v) is 7.06. The van der Waals surface area contributed by atoms with Gasteiger partial charge in [0.05, 0.1) is 0 Å². The highest BCUT2D eigenvalue weighted by atomic mass is 19.1. The number of amides is 1. The fourth-order valence-corrected chi connectivity index (χ4v) is 3.26. The third kappa shape index (κ3) is 2.94. The molecular weight excluding hydrogens is 255 g/mol. The van der Waals surface area contributed by atoms with Crippen LogP contribution in [0.15, 0.2) is 12.1 Å². The summed E-state index contributed by atoms with van der Waals surface area (Å²) in [6, 6.07) is 3.15. The summed E-state index contributed by atoms with van der Waals surface area (Å²) < 4.78 is 13.9. The maximum absolute atomic E-state index is 13.9. The molecule has 1 aromatic carbocycles. The zero-order chi connectivity index (χ0) is 15.1. The van der Waals surface area contributed by atoms with Crippen molar-refractivity contribution in [2.24, 2.45) is 17.1 Å². The van der Waals surface area contributed by atoms with Crippen LogP contribution in [0.3, 0.4) is 0 Å². The molecule has 1 aliphatic carbocycles. The van der Waals surface area contributed by atoms with E-state index in [0.29, 0.717) is 28.6 Å². The second-order valence-electron chi connectivity index (χ2n) is 6.80. The Morgan fingerprint density at radius 1 is 1.40 bits per heavy atom. The monoisotopic (exact) mass is 278 g/mol. The number of hydrogen-bond acceptors (Lipinski definition) is 2. The van der Waals surface area contributed by atoms with E-state index in [-0.39, 0.29) is 5.56 Å². The zero-order valence-corrected chi connectivity index (χ0v) is 12.6. The lowest BCUT2D eigenvalue weighted by molar-refractivity contribution is 0.1000. The first-order valence-electron chi connectivity index (χ1n) is 7.06. The predicted molar refractivity (Wildman–Crippen MR) is 79.2 cm³/mol. The molecule has 0 bridgehead atoms. The minimum Gasteiger partial charge on any atom is -0.382 e. The SMILES string of the molecule is Cc1c(F)cc(C(N)=O)cc1NC1CC(C)(C)CC1C. The van der Waals surface area contributed by atoms with E-state index in [9.17, 15) is 9.18 Å². The van der Waals surface area contributed by atoms with Crippen molar-refractivity contribution < 1.29 is 9.18 Å². The summed E-state index contributed by atoms with van der Waals surface area (Å²) in [5, 5.41) is 3.40. The number of halogens is 1. The summed E-state index contributed by atoms with van der Waals surface area (Å²) >= 11 is 0. The third-order valence-electron chi connectivity index (χ3n) is 4.30. The highest BCUT2D eigenvalue weighted by Crippen LogP contribution is 2.42. The molecule has 110 valence electrons. The summed E-state index contributed by atoms with van der Waals surface area (Å²) in [5.74, 6) is -0.481. The minimum atomic E-state index is -0.605. The van der Waals surface area contributed by atoms with Gasteiger partial charge in [-0.15, -0.1) is 0 Å². The van der Waals surface area contributed by atoms with Crippen LogP contribution in [-0.4, -0.2) is 11.9 Å². The third-order valence-corrected chi connectivity index (χ3v) is 4.30. The van der Waals surface area contributed by atoms with Crippen LogP contribution < -0.4 is 11.1 Å². The molecular formula is C16H23FN2O. The zero-order valence-electron chi connectivity index (χ0n) is 12.6. The predicted octanol–water partition coefficient (Wildman–Crippen LogP) is 3.47. The molecule has 3 N–H and O–H groups in total. The van der Waals surface area contributed by atoms with Gasteiger partial charge in [-0.05, 0) is 43.2 Å². The molecule has 1 fully saturated rings. The number of carbonyl (C=O) groups excluding carboxylic acids is 1. The van der Waals surface area contributed by atoms with E-state index in [2.05, 4.69) is 26.1 Å². The van der Waals surface area contributed by atoms with Gasteiger partial charge in [0.25, 0.3) is 0 Å². The quantitative estimate of drug-likeness (QED) is 0.889. The van der Waals surface area contributed by atoms with E-state index in [1.54, 1.807) is 13.0 Å². The van der Waals surface area contributed by atoms with Gasteiger partial charge in [-0.2, -0.15) is 0 Å². The van der Waals surface area contributed by atoms with E-state index in [4.69, 9.17) is 5.73 Å². The van der Waals surface area contributed by atoms with Crippen molar-refractivity contribution in [1.82, 2.24) is 0 Å². The topological polar surface area (TPSA) is 55.1 Å². The standard InChI is InChI=1S/C16H23FN2O/c1-9-7-16(3,4)8-14(9)19-13-6-11(15(18)20)5-12(17)10(13)2/h5-6,9,14,19H,7-8H2,1-4H3,(H2,18,20). The van der Waals surface area contributed by atoms with Gasteiger partial charge in [0.15, 0.2) is 0 Å². The van der Waals surface area contributed by atoms with E-state index in [0.717, 1.165) is 12.8 Å². The molecule has 0 aliphatic heterocycles. The van der Waals surface area contributed by atoms with Crippen LogP contribution in [0.5, 0.6) is 0 Å². The maximum Gasteiger partial charge on any atom is 0.248 e. The lowest BCUT2D eigenvalue weighted by Gasteiger charge is -2.21. The van der Waals surface area contributed by atoms with Crippen molar-refractivity contribution >= 4 is 11.6 Å². The summed E-state index contributed by atoms with van der Waals surface area (Å²) in [5.41, 5.74) is 6.96. The number of benzene rings is 1. The molecule has 0 saturated heterocycles. The maximum atomic E-state index is 13.9. The van der Waals surface area contributed by atoms with Crippen molar-refractivity contribution in [1.29, 1.82) is 0 Å². The highest BCUT2D eigenvalue weighted by Gasteiger charge is 2.36. The van der Waals surface area contributed by atoms with Crippen LogP contribution in [0.1, 0.15) is 49.5 Å². The number of carbonyl (C=O) groups is 1. The Hall–Kier alpha value is -1.58. The molecule has 2 unspecified atom stereocenters. The van der Waals surface area contributed by atoms with Gasteiger partial charge in [-0.3, -0.25) is 4.79 Å². The van der Waals surface area contributed by atoms with Crippen molar-refractivity contribution in [3.8, 4) is 0 Å². The fourth-order valence-electron chi connectivity index (χ4n) is 3.26. The van der Waals surface area contributed by atoms with Gasteiger partial charge in [0, 0.05) is 22.9 Å². The van der Waals surface area contributed by atoms with Gasteiger partial charge in [0.2, 0.25) is 5.91 Å². The van der Waals surface area contributed by atoms with Crippen molar-refractivity contribution in [3.63, 3.8) is 0 Å².